The van der Waals surface area contributed by atoms with Crippen molar-refractivity contribution < 1.29 is 0 Å². The molecule has 0 aromatic carbocycles. The van der Waals surface area contributed by atoms with E-state index in [4.69, 9.17) is 23.2 Å². The molecule has 0 radical (unpaired) electrons. The first kappa shape index (κ1) is 10.4. The summed E-state index contributed by atoms with van der Waals surface area (Å²) in [6, 6.07) is 1.85. The Bertz CT molecular complexity index is 694. The molecular weight excluding hydrogens is 261 g/mol. The molecule has 0 amide bonds. The molecule has 3 heterocycles. The van der Waals surface area contributed by atoms with Crippen LogP contribution in [0.2, 0.25) is 10.3 Å². The van der Waals surface area contributed by atoms with E-state index in [-0.39, 0.29) is 5.28 Å². The van der Waals surface area contributed by atoms with Crippen LogP contribution in [-0.2, 0) is 0 Å². The normalized spacial score (nSPS) is 10.9. The van der Waals surface area contributed by atoms with Crippen molar-refractivity contribution in [3.05, 3.63) is 41.3 Å². The smallest absolute Gasteiger partial charge is 0.224 e. The van der Waals surface area contributed by atoms with Gasteiger partial charge in [0.05, 0.1) is 23.4 Å². The third-order valence-electron chi connectivity index (χ3n) is 2.29. The highest BCUT2D eigenvalue weighted by atomic mass is 35.5. The SMILES string of the molecule is Clc1ncc(Cl)c(-n2ccc3ncncc32)n1. The summed E-state index contributed by atoms with van der Waals surface area (Å²) < 4.78 is 1.77. The number of hydrogen-bond acceptors (Lipinski definition) is 4. The Morgan fingerprint density at radius 2 is 2.00 bits per heavy atom. The summed E-state index contributed by atoms with van der Waals surface area (Å²) in [6.45, 7) is 0. The Morgan fingerprint density at radius 1 is 1.12 bits per heavy atom. The van der Waals surface area contributed by atoms with E-state index in [1.807, 2.05) is 12.3 Å². The highest BCUT2D eigenvalue weighted by Gasteiger charge is 2.10. The van der Waals surface area contributed by atoms with E-state index < -0.39 is 0 Å². The molecule has 0 unspecified atom stereocenters. The summed E-state index contributed by atoms with van der Waals surface area (Å²) in [5, 5.41) is 0.554. The lowest BCUT2D eigenvalue weighted by Crippen LogP contribution is -1.99. The van der Waals surface area contributed by atoms with Gasteiger partial charge in [0.25, 0.3) is 0 Å². The van der Waals surface area contributed by atoms with E-state index in [1.165, 1.54) is 12.5 Å². The van der Waals surface area contributed by atoms with Crippen LogP contribution in [-0.4, -0.2) is 24.5 Å². The molecule has 0 N–H and O–H groups in total. The minimum absolute atomic E-state index is 0.142. The van der Waals surface area contributed by atoms with E-state index in [1.54, 1.807) is 10.8 Å². The fourth-order valence-electron chi connectivity index (χ4n) is 1.56. The van der Waals surface area contributed by atoms with E-state index in [0.717, 1.165) is 11.0 Å². The van der Waals surface area contributed by atoms with Crippen molar-refractivity contribution in [2.45, 2.75) is 0 Å². The Labute approximate surface area is 106 Å². The molecule has 3 aromatic rings. The average molecular weight is 266 g/mol. The van der Waals surface area contributed by atoms with Gasteiger partial charge in [-0.05, 0) is 17.7 Å². The van der Waals surface area contributed by atoms with Crippen LogP contribution in [0, 0.1) is 0 Å². The zero-order valence-corrected chi connectivity index (χ0v) is 9.89. The largest absolute Gasteiger partial charge is 0.297 e. The highest BCUT2D eigenvalue weighted by molar-refractivity contribution is 6.33. The molecule has 7 heteroatoms. The van der Waals surface area contributed by atoms with Gasteiger partial charge >= 0.3 is 0 Å². The first-order valence-electron chi connectivity index (χ1n) is 4.71. The van der Waals surface area contributed by atoms with Crippen molar-refractivity contribution >= 4 is 34.2 Å². The number of rotatable bonds is 1. The molecule has 3 aromatic heterocycles. The second-order valence-corrected chi connectivity index (χ2v) is 4.03. The van der Waals surface area contributed by atoms with Gasteiger partial charge in [0.2, 0.25) is 5.28 Å². The second-order valence-electron chi connectivity index (χ2n) is 3.29. The molecule has 5 nitrogen and oxygen atoms in total. The molecular formula is C10H5Cl2N5. The Kier molecular flexibility index (Phi) is 2.42. The standard InChI is InChI=1S/C10H5Cl2N5/c11-6-3-14-10(12)16-9(6)17-2-1-7-8(17)4-13-5-15-7/h1-5H. The van der Waals surface area contributed by atoms with Crippen LogP contribution >= 0.6 is 23.2 Å². The fraction of sp³-hybridized carbons (Fsp3) is 0. The molecule has 0 aliphatic rings. The number of nitrogens with zero attached hydrogens (tertiary/aromatic N) is 5. The van der Waals surface area contributed by atoms with E-state index in [9.17, 15) is 0 Å². The van der Waals surface area contributed by atoms with Gasteiger partial charge in [-0.25, -0.2) is 15.0 Å². The van der Waals surface area contributed by atoms with Crippen molar-refractivity contribution in [2.75, 3.05) is 0 Å². The van der Waals surface area contributed by atoms with Crippen molar-refractivity contribution in [3.8, 4) is 5.82 Å². The molecule has 0 saturated heterocycles. The number of aromatic nitrogens is 5. The lowest BCUT2D eigenvalue weighted by molar-refractivity contribution is 1.01. The molecule has 0 spiro atoms. The predicted molar refractivity (Wildman–Crippen MR) is 64.5 cm³/mol. The Hall–Kier alpha value is -1.72. The number of halogens is 2. The van der Waals surface area contributed by atoms with Crippen LogP contribution < -0.4 is 0 Å². The number of hydrogen-bond donors (Lipinski definition) is 0. The second kappa shape index (κ2) is 3.94. The first-order chi connectivity index (χ1) is 8.25. The van der Waals surface area contributed by atoms with Crippen LogP contribution in [0.5, 0.6) is 0 Å². The third kappa shape index (κ3) is 1.73. The zero-order valence-electron chi connectivity index (χ0n) is 8.38. The van der Waals surface area contributed by atoms with Crippen LogP contribution in [0.25, 0.3) is 16.9 Å². The lowest BCUT2D eigenvalue weighted by Gasteiger charge is -2.05. The molecule has 17 heavy (non-hydrogen) atoms. The molecule has 84 valence electrons. The van der Waals surface area contributed by atoms with Gasteiger partial charge in [-0.1, -0.05) is 11.6 Å². The first-order valence-corrected chi connectivity index (χ1v) is 5.47. The van der Waals surface area contributed by atoms with Crippen LogP contribution in [0.3, 0.4) is 0 Å². The van der Waals surface area contributed by atoms with E-state index in [2.05, 4.69) is 19.9 Å². The summed E-state index contributed by atoms with van der Waals surface area (Å²) in [5.41, 5.74) is 1.62. The van der Waals surface area contributed by atoms with Crippen molar-refractivity contribution in [3.63, 3.8) is 0 Å². The topological polar surface area (TPSA) is 56.5 Å². The molecule has 0 fully saturated rings. The molecule has 0 aliphatic carbocycles. The molecule has 0 saturated carbocycles. The minimum atomic E-state index is 0.142. The maximum atomic E-state index is 6.04. The van der Waals surface area contributed by atoms with Gasteiger partial charge < -0.3 is 0 Å². The molecule has 0 bridgehead atoms. The van der Waals surface area contributed by atoms with Crippen LogP contribution in [0.1, 0.15) is 0 Å². The van der Waals surface area contributed by atoms with E-state index in [0.29, 0.717) is 10.8 Å². The predicted octanol–water partition coefficient (Wildman–Crippen LogP) is 2.52. The Morgan fingerprint density at radius 3 is 2.88 bits per heavy atom. The van der Waals surface area contributed by atoms with E-state index >= 15 is 0 Å². The highest BCUT2D eigenvalue weighted by Crippen LogP contribution is 2.23. The summed E-state index contributed by atoms with van der Waals surface area (Å²) in [7, 11) is 0. The van der Waals surface area contributed by atoms with Crippen molar-refractivity contribution in [2.24, 2.45) is 0 Å². The maximum absolute atomic E-state index is 6.04. The Balaban J connectivity index is 2.31. The quantitative estimate of drug-likeness (QED) is 0.635. The minimum Gasteiger partial charge on any atom is -0.297 e. The van der Waals surface area contributed by atoms with Crippen molar-refractivity contribution in [1.29, 1.82) is 0 Å². The van der Waals surface area contributed by atoms with Gasteiger partial charge in [0.15, 0.2) is 5.82 Å². The van der Waals surface area contributed by atoms with Gasteiger partial charge in [0.1, 0.15) is 11.3 Å². The lowest BCUT2D eigenvalue weighted by atomic mass is 10.4. The van der Waals surface area contributed by atoms with Crippen LogP contribution in [0.15, 0.2) is 31.0 Å². The average Bonchev–Trinajstić information content (AvgIpc) is 2.76. The maximum Gasteiger partial charge on any atom is 0.224 e. The molecule has 0 atom stereocenters. The van der Waals surface area contributed by atoms with Crippen LogP contribution in [0.4, 0.5) is 0 Å². The molecule has 0 aliphatic heterocycles. The summed E-state index contributed by atoms with van der Waals surface area (Å²) in [4.78, 5) is 16.0. The monoisotopic (exact) mass is 265 g/mol. The van der Waals surface area contributed by atoms with Gasteiger partial charge in [-0.15, -0.1) is 0 Å². The zero-order chi connectivity index (χ0) is 11.8. The molecule has 3 rings (SSSR count). The fourth-order valence-corrected chi connectivity index (χ4v) is 1.87. The summed E-state index contributed by atoms with van der Waals surface area (Å²) in [5.74, 6) is 0.511. The van der Waals surface area contributed by atoms with Gasteiger partial charge in [-0.3, -0.25) is 4.57 Å². The van der Waals surface area contributed by atoms with Gasteiger partial charge in [-0.2, -0.15) is 4.98 Å². The summed E-state index contributed by atoms with van der Waals surface area (Å²) in [6.07, 6.45) is 6.45. The van der Waals surface area contributed by atoms with Gasteiger partial charge in [0, 0.05) is 6.20 Å². The summed E-state index contributed by atoms with van der Waals surface area (Å²) >= 11 is 11.8. The number of fused-ring (bicyclic) bond motifs is 1. The van der Waals surface area contributed by atoms with Crippen molar-refractivity contribution in [1.82, 2.24) is 24.5 Å². The third-order valence-corrected chi connectivity index (χ3v) is 2.74.